The number of hydrogen-bond acceptors (Lipinski definition) is 2. The molecule has 2 nitrogen and oxygen atoms in total. The molecule has 1 atom stereocenters. The standard InChI is InChI=1S/C20H23BrN2/c1-16-3-7-18(8-4-16)13-23(15-20(21)11-12-22)14-19-9-5-17(2)6-10-19/h3-10,20H,11,13-15H2,1-2H3. The summed E-state index contributed by atoms with van der Waals surface area (Å²) in [6.07, 6.45) is 0.526. The van der Waals surface area contributed by atoms with Gasteiger partial charge in [0.05, 0.1) is 6.07 Å². The number of halogens is 1. The van der Waals surface area contributed by atoms with E-state index in [1.54, 1.807) is 0 Å². The van der Waals surface area contributed by atoms with E-state index in [-0.39, 0.29) is 4.83 Å². The van der Waals surface area contributed by atoms with Crippen LogP contribution in [0.15, 0.2) is 48.5 Å². The molecule has 0 spiro atoms. The maximum Gasteiger partial charge on any atom is 0.0634 e. The molecule has 2 rings (SSSR count). The van der Waals surface area contributed by atoms with E-state index in [1.165, 1.54) is 22.3 Å². The minimum absolute atomic E-state index is 0.198. The predicted octanol–water partition coefficient (Wildman–Crippen LogP) is 4.98. The topological polar surface area (TPSA) is 27.0 Å². The van der Waals surface area contributed by atoms with Crippen molar-refractivity contribution in [2.24, 2.45) is 0 Å². The quantitative estimate of drug-likeness (QED) is 0.642. The summed E-state index contributed by atoms with van der Waals surface area (Å²) in [5.41, 5.74) is 5.17. The van der Waals surface area contributed by atoms with Crippen LogP contribution in [-0.4, -0.2) is 16.3 Å². The first kappa shape index (κ1) is 17.7. The second-order valence-electron chi connectivity index (χ2n) is 6.10. The number of alkyl halides is 1. The van der Waals surface area contributed by atoms with E-state index in [9.17, 15) is 0 Å². The Balaban J connectivity index is 2.08. The lowest BCUT2D eigenvalue weighted by Gasteiger charge is -2.24. The molecule has 0 aliphatic heterocycles. The highest BCUT2D eigenvalue weighted by Crippen LogP contribution is 2.15. The lowest BCUT2D eigenvalue weighted by atomic mass is 10.1. The minimum Gasteiger partial charge on any atom is -0.294 e. The molecule has 3 heteroatoms. The normalized spacial score (nSPS) is 12.1. The molecule has 0 saturated carbocycles. The Kier molecular flexibility index (Phi) is 6.83. The zero-order valence-corrected chi connectivity index (χ0v) is 15.4. The zero-order valence-electron chi connectivity index (χ0n) is 13.8. The van der Waals surface area contributed by atoms with Gasteiger partial charge in [-0.15, -0.1) is 0 Å². The van der Waals surface area contributed by atoms with E-state index in [0.717, 1.165) is 19.6 Å². The highest BCUT2D eigenvalue weighted by Gasteiger charge is 2.13. The Morgan fingerprint density at radius 1 is 0.913 bits per heavy atom. The van der Waals surface area contributed by atoms with Gasteiger partial charge in [-0.25, -0.2) is 0 Å². The van der Waals surface area contributed by atoms with Gasteiger partial charge in [-0.2, -0.15) is 5.26 Å². The Morgan fingerprint density at radius 3 is 1.74 bits per heavy atom. The summed E-state index contributed by atoms with van der Waals surface area (Å²) in [7, 11) is 0. The summed E-state index contributed by atoms with van der Waals surface area (Å²) in [6, 6.07) is 19.6. The summed E-state index contributed by atoms with van der Waals surface area (Å²) in [4.78, 5) is 2.59. The average Bonchev–Trinajstić information content (AvgIpc) is 2.52. The summed E-state index contributed by atoms with van der Waals surface area (Å²) in [6.45, 7) is 6.85. The molecule has 0 aromatic heterocycles. The van der Waals surface area contributed by atoms with Gasteiger partial charge in [-0.05, 0) is 25.0 Å². The van der Waals surface area contributed by atoms with Gasteiger partial charge in [-0.3, -0.25) is 4.90 Å². The van der Waals surface area contributed by atoms with Crippen molar-refractivity contribution in [1.29, 1.82) is 5.26 Å². The molecule has 0 N–H and O–H groups in total. The average molecular weight is 371 g/mol. The molecule has 120 valence electrons. The number of nitriles is 1. The fraction of sp³-hybridized carbons (Fsp3) is 0.350. The molecule has 0 bridgehead atoms. The second kappa shape index (κ2) is 8.86. The van der Waals surface area contributed by atoms with Gasteiger partial charge >= 0.3 is 0 Å². The first-order chi connectivity index (χ1) is 11.1. The van der Waals surface area contributed by atoms with Crippen molar-refractivity contribution < 1.29 is 0 Å². The molecule has 0 amide bonds. The van der Waals surface area contributed by atoms with Crippen LogP contribution in [0.1, 0.15) is 28.7 Å². The molecule has 0 heterocycles. The summed E-state index contributed by atoms with van der Waals surface area (Å²) < 4.78 is 0. The molecule has 0 fully saturated rings. The van der Waals surface area contributed by atoms with Crippen LogP contribution in [0.5, 0.6) is 0 Å². The lowest BCUT2D eigenvalue weighted by molar-refractivity contribution is 0.259. The van der Waals surface area contributed by atoms with Crippen LogP contribution in [0.25, 0.3) is 0 Å². The van der Waals surface area contributed by atoms with E-state index < -0.39 is 0 Å². The van der Waals surface area contributed by atoms with E-state index >= 15 is 0 Å². The van der Waals surface area contributed by atoms with Crippen LogP contribution in [0, 0.1) is 25.2 Å². The third-order valence-corrected chi connectivity index (χ3v) is 4.44. The summed E-state index contributed by atoms with van der Waals surface area (Å²) in [5.74, 6) is 0. The van der Waals surface area contributed by atoms with Crippen molar-refractivity contribution in [2.75, 3.05) is 6.54 Å². The number of rotatable bonds is 7. The number of benzene rings is 2. The molecule has 0 radical (unpaired) electrons. The summed E-state index contributed by atoms with van der Waals surface area (Å²) >= 11 is 3.62. The van der Waals surface area contributed by atoms with Crippen LogP contribution in [0.3, 0.4) is 0 Å². The largest absolute Gasteiger partial charge is 0.294 e. The molecule has 2 aromatic rings. The van der Waals surface area contributed by atoms with Crippen LogP contribution < -0.4 is 0 Å². The van der Waals surface area contributed by atoms with Gasteiger partial charge in [0.2, 0.25) is 0 Å². The first-order valence-corrected chi connectivity index (χ1v) is 8.83. The smallest absolute Gasteiger partial charge is 0.0634 e. The molecule has 23 heavy (non-hydrogen) atoms. The van der Waals surface area contributed by atoms with Crippen LogP contribution in [0.4, 0.5) is 0 Å². The molecule has 0 aliphatic carbocycles. The molecule has 0 aliphatic rings. The van der Waals surface area contributed by atoms with Crippen LogP contribution in [0.2, 0.25) is 0 Å². The van der Waals surface area contributed by atoms with Gasteiger partial charge in [0.25, 0.3) is 0 Å². The Labute approximate surface area is 147 Å². The van der Waals surface area contributed by atoms with Gasteiger partial charge < -0.3 is 0 Å². The third kappa shape index (κ3) is 6.17. The van der Waals surface area contributed by atoms with Crippen LogP contribution >= 0.6 is 15.9 Å². The van der Waals surface area contributed by atoms with Gasteiger partial charge in [0.1, 0.15) is 0 Å². The molecule has 0 saturated heterocycles. The molecular weight excluding hydrogens is 348 g/mol. The molecule has 2 aromatic carbocycles. The highest BCUT2D eigenvalue weighted by molar-refractivity contribution is 9.09. The monoisotopic (exact) mass is 370 g/mol. The minimum atomic E-state index is 0.198. The summed E-state index contributed by atoms with van der Waals surface area (Å²) in [5, 5.41) is 8.89. The third-order valence-electron chi connectivity index (χ3n) is 3.82. The van der Waals surface area contributed by atoms with E-state index in [1.807, 2.05) is 0 Å². The molecule has 1 unspecified atom stereocenters. The van der Waals surface area contributed by atoms with Gasteiger partial charge in [0, 0.05) is 30.9 Å². The fourth-order valence-electron chi connectivity index (χ4n) is 2.53. The fourth-order valence-corrected chi connectivity index (χ4v) is 3.09. The maximum absolute atomic E-state index is 8.89. The molecular formula is C20H23BrN2. The Morgan fingerprint density at radius 2 is 1.35 bits per heavy atom. The van der Waals surface area contributed by atoms with Crippen molar-refractivity contribution in [3.05, 3.63) is 70.8 Å². The Bertz CT molecular complexity index is 593. The number of nitrogens with zero attached hydrogens (tertiary/aromatic N) is 2. The van der Waals surface area contributed by atoms with Crippen molar-refractivity contribution in [3.63, 3.8) is 0 Å². The van der Waals surface area contributed by atoms with Crippen molar-refractivity contribution >= 4 is 15.9 Å². The predicted molar refractivity (Wildman–Crippen MR) is 99.4 cm³/mol. The van der Waals surface area contributed by atoms with Crippen molar-refractivity contribution in [2.45, 2.75) is 38.2 Å². The maximum atomic E-state index is 8.89. The second-order valence-corrected chi connectivity index (χ2v) is 7.40. The van der Waals surface area contributed by atoms with Crippen LogP contribution in [-0.2, 0) is 13.1 Å². The SMILES string of the molecule is Cc1ccc(CN(Cc2ccc(C)cc2)CC(Br)CC#N)cc1. The lowest BCUT2D eigenvalue weighted by Crippen LogP contribution is -2.29. The number of hydrogen-bond donors (Lipinski definition) is 0. The van der Waals surface area contributed by atoms with E-state index in [0.29, 0.717) is 6.42 Å². The first-order valence-electron chi connectivity index (χ1n) is 7.91. The number of aryl methyl sites for hydroxylation is 2. The Hall–Kier alpha value is -1.63. The van der Waals surface area contributed by atoms with E-state index in [4.69, 9.17) is 5.26 Å². The van der Waals surface area contributed by atoms with Crippen molar-refractivity contribution in [3.8, 4) is 6.07 Å². The van der Waals surface area contributed by atoms with Gasteiger partial charge in [0.15, 0.2) is 0 Å². The van der Waals surface area contributed by atoms with Crippen molar-refractivity contribution in [1.82, 2.24) is 4.90 Å². The van der Waals surface area contributed by atoms with E-state index in [2.05, 4.69) is 89.3 Å². The zero-order chi connectivity index (χ0) is 16.7. The van der Waals surface area contributed by atoms with Gasteiger partial charge in [-0.1, -0.05) is 75.6 Å². The highest BCUT2D eigenvalue weighted by atomic mass is 79.9.